The summed E-state index contributed by atoms with van der Waals surface area (Å²) < 4.78 is 10.8. The van der Waals surface area contributed by atoms with Crippen LogP contribution in [0.4, 0.5) is 0 Å². The zero-order valence-corrected chi connectivity index (χ0v) is 19.1. The lowest BCUT2D eigenvalue weighted by Gasteiger charge is -2.25. The monoisotopic (exact) mass is 437 g/mol. The van der Waals surface area contributed by atoms with Crippen molar-refractivity contribution in [2.75, 3.05) is 20.3 Å². The van der Waals surface area contributed by atoms with E-state index in [1.165, 1.54) is 4.90 Å². The summed E-state index contributed by atoms with van der Waals surface area (Å²) >= 11 is 0. The van der Waals surface area contributed by atoms with Crippen LogP contribution in [0.3, 0.4) is 0 Å². The Morgan fingerprint density at radius 1 is 1.06 bits per heavy atom. The highest BCUT2D eigenvalue weighted by Crippen LogP contribution is 2.39. The number of aryl methyl sites for hydroxylation is 1. The topological polar surface area (TPSA) is 76.1 Å². The zero-order valence-electron chi connectivity index (χ0n) is 19.1. The molecule has 0 spiro atoms. The van der Waals surface area contributed by atoms with Gasteiger partial charge in [-0.05, 0) is 49.9 Å². The first kappa shape index (κ1) is 23.5. The summed E-state index contributed by atoms with van der Waals surface area (Å²) in [4.78, 5) is 27.5. The predicted molar refractivity (Wildman–Crippen MR) is 124 cm³/mol. The van der Waals surface area contributed by atoms with Crippen LogP contribution in [-0.4, -0.2) is 48.1 Å². The zero-order chi connectivity index (χ0) is 23.3. The Balaban J connectivity index is 2.01. The number of likely N-dealkylation sites (tertiary alicyclic amines) is 1. The second-order valence-corrected chi connectivity index (χ2v) is 8.09. The van der Waals surface area contributed by atoms with Gasteiger partial charge in [0.05, 0.1) is 24.8 Å². The van der Waals surface area contributed by atoms with Crippen molar-refractivity contribution in [3.63, 3.8) is 0 Å². The highest BCUT2D eigenvalue weighted by Gasteiger charge is 2.45. The van der Waals surface area contributed by atoms with Crippen LogP contribution < -0.4 is 4.74 Å². The van der Waals surface area contributed by atoms with E-state index < -0.39 is 17.7 Å². The lowest BCUT2D eigenvalue weighted by atomic mass is 9.95. The van der Waals surface area contributed by atoms with E-state index in [-0.39, 0.29) is 17.4 Å². The second kappa shape index (κ2) is 10.5. The second-order valence-electron chi connectivity index (χ2n) is 8.09. The molecule has 6 heteroatoms. The third kappa shape index (κ3) is 5.02. The minimum absolute atomic E-state index is 0.0916. The summed E-state index contributed by atoms with van der Waals surface area (Å²) in [5.74, 6) is -0.770. The van der Waals surface area contributed by atoms with E-state index in [4.69, 9.17) is 9.47 Å². The normalized spacial score (nSPS) is 17.9. The molecule has 1 N–H and O–H groups in total. The van der Waals surface area contributed by atoms with Gasteiger partial charge in [0.1, 0.15) is 11.5 Å². The van der Waals surface area contributed by atoms with Gasteiger partial charge >= 0.3 is 0 Å². The van der Waals surface area contributed by atoms with Gasteiger partial charge in [-0.2, -0.15) is 0 Å². The number of amides is 1. The fraction of sp³-hybridized carbons (Fsp3) is 0.385. The molecule has 32 heavy (non-hydrogen) atoms. The molecule has 0 aliphatic carbocycles. The van der Waals surface area contributed by atoms with Crippen molar-refractivity contribution < 1.29 is 24.2 Å². The van der Waals surface area contributed by atoms with Gasteiger partial charge < -0.3 is 19.5 Å². The smallest absolute Gasteiger partial charge is 0.295 e. The van der Waals surface area contributed by atoms with Crippen LogP contribution in [0.1, 0.15) is 49.9 Å². The minimum Gasteiger partial charge on any atom is -0.507 e. The van der Waals surface area contributed by atoms with Crippen molar-refractivity contribution in [2.24, 2.45) is 0 Å². The molecule has 6 nitrogen and oxygen atoms in total. The van der Waals surface area contributed by atoms with Crippen LogP contribution in [0.5, 0.6) is 5.75 Å². The number of methoxy groups -OCH3 is 1. The van der Waals surface area contributed by atoms with E-state index >= 15 is 0 Å². The molecular formula is C26H31NO5. The van der Waals surface area contributed by atoms with Gasteiger partial charge in [0.2, 0.25) is 0 Å². The number of benzene rings is 2. The van der Waals surface area contributed by atoms with Crippen LogP contribution in [0.15, 0.2) is 54.1 Å². The van der Waals surface area contributed by atoms with Gasteiger partial charge in [0.15, 0.2) is 0 Å². The predicted octanol–water partition coefficient (Wildman–Crippen LogP) is 4.49. The highest BCUT2D eigenvalue weighted by atomic mass is 16.5. The first-order chi connectivity index (χ1) is 15.4. The van der Waals surface area contributed by atoms with E-state index in [1.54, 1.807) is 31.4 Å². The lowest BCUT2D eigenvalue weighted by molar-refractivity contribution is -0.140. The summed E-state index contributed by atoms with van der Waals surface area (Å²) in [6, 6.07) is 13.9. The van der Waals surface area contributed by atoms with E-state index in [0.29, 0.717) is 30.9 Å². The molecule has 2 aromatic carbocycles. The van der Waals surface area contributed by atoms with Crippen molar-refractivity contribution in [3.8, 4) is 5.75 Å². The Morgan fingerprint density at radius 2 is 1.72 bits per heavy atom. The third-order valence-corrected chi connectivity index (χ3v) is 5.60. The molecule has 0 radical (unpaired) electrons. The maximum atomic E-state index is 13.0. The molecular weight excluding hydrogens is 406 g/mol. The number of ether oxygens (including phenoxy) is 2. The number of hydrogen-bond donors (Lipinski definition) is 1. The standard InChI is InChI=1S/C26H31NO5/c1-5-18-7-9-20(10-8-18)24(28)22-23(19-11-13-21(31-4)14-12-19)27(26(30)25(22)29)15-6-16-32-17(2)3/h7-14,17,23,28H,5-6,15-16H2,1-4H3/b24-22-. The Hall–Kier alpha value is -3.12. The Kier molecular flexibility index (Phi) is 7.70. The van der Waals surface area contributed by atoms with Crippen molar-refractivity contribution in [2.45, 2.75) is 45.8 Å². The van der Waals surface area contributed by atoms with Crippen LogP contribution >= 0.6 is 0 Å². The van der Waals surface area contributed by atoms with Gasteiger partial charge in [0, 0.05) is 18.7 Å². The van der Waals surface area contributed by atoms with Crippen molar-refractivity contribution in [1.29, 1.82) is 0 Å². The van der Waals surface area contributed by atoms with Crippen LogP contribution in [-0.2, 0) is 20.7 Å². The summed E-state index contributed by atoms with van der Waals surface area (Å²) in [6.07, 6.45) is 1.55. The molecule has 2 aromatic rings. The number of rotatable bonds is 9. The van der Waals surface area contributed by atoms with Crippen molar-refractivity contribution in [3.05, 3.63) is 70.8 Å². The summed E-state index contributed by atoms with van der Waals surface area (Å²) in [5, 5.41) is 11.1. The number of hydrogen-bond acceptors (Lipinski definition) is 5. The molecule has 1 amide bonds. The molecule has 1 aliphatic heterocycles. The Bertz CT molecular complexity index is 976. The van der Waals surface area contributed by atoms with Gasteiger partial charge in [0.25, 0.3) is 11.7 Å². The molecule has 0 bridgehead atoms. The van der Waals surface area contributed by atoms with Crippen molar-refractivity contribution in [1.82, 2.24) is 4.90 Å². The molecule has 0 saturated carbocycles. The molecule has 1 fully saturated rings. The van der Waals surface area contributed by atoms with E-state index in [0.717, 1.165) is 17.5 Å². The SMILES string of the molecule is CCc1ccc(/C(O)=C2/C(=O)C(=O)N(CCCOC(C)C)C2c2ccc(OC)cc2)cc1. The lowest BCUT2D eigenvalue weighted by Crippen LogP contribution is -2.31. The number of Topliss-reactive ketones (excluding diaryl/α,β-unsaturated/α-hetero) is 1. The average molecular weight is 438 g/mol. The van der Waals surface area contributed by atoms with E-state index in [2.05, 4.69) is 0 Å². The number of carbonyl (C=O) groups excluding carboxylic acids is 2. The van der Waals surface area contributed by atoms with Crippen LogP contribution in [0.25, 0.3) is 5.76 Å². The maximum Gasteiger partial charge on any atom is 0.295 e. The molecule has 1 aliphatic rings. The number of nitrogens with zero attached hydrogens (tertiary/aromatic N) is 1. The summed E-state index contributed by atoms with van der Waals surface area (Å²) in [5.41, 5.74) is 2.48. The Morgan fingerprint density at radius 3 is 2.28 bits per heavy atom. The molecule has 3 rings (SSSR count). The van der Waals surface area contributed by atoms with Gasteiger partial charge in [-0.1, -0.05) is 43.3 Å². The quantitative estimate of drug-likeness (QED) is 0.271. The fourth-order valence-corrected chi connectivity index (χ4v) is 3.85. The number of carbonyl (C=O) groups is 2. The fourth-order valence-electron chi connectivity index (χ4n) is 3.85. The number of aliphatic hydroxyl groups excluding tert-OH is 1. The molecule has 1 saturated heterocycles. The third-order valence-electron chi connectivity index (χ3n) is 5.60. The van der Waals surface area contributed by atoms with Crippen molar-refractivity contribution >= 4 is 17.4 Å². The average Bonchev–Trinajstić information content (AvgIpc) is 3.06. The largest absolute Gasteiger partial charge is 0.507 e. The molecule has 0 aromatic heterocycles. The highest BCUT2D eigenvalue weighted by molar-refractivity contribution is 6.46. The van der Waals surface area contributed by atoms with Gasteiger partial charge in [-0.15, -0.1) is 0 Å². The number of aliphatic hydroxyl groups is 1. The van der Waals surface area contributed by atoms with Gasteiger partial charge in [-0.3, -0.25) is 9.59 Å². The molecule has 1 heterocycles. The molecule has 1 atom stereocenters. The van der Waals surface area contributed by atoms with E-state index in [9.17, 15) is 14.7 Å². The first-order valence-corrected chi connectivity index (χ1v) is 11.0. The van der Waals surface area contributed by atoms with Crippen LogP contribution in [0, 0.1) is 0 Å². The summed E-state index contributed by atoms with van der Waals surface area (Å²) in [6.45, 7) is 6.78. The van der Waals surface area contributed by atoms with Gasteiger partial charge in [-0.25, -0.2) is 0 Å². The maximum absolute atomic E-state index is 13.0. The molecule has 1 unspecified atom stereocenters. The Labute approximate surface area is 189 Å². The van der Waals surface area contributed by atoms with E-state index in [1.807, 2.05) is 45.0 Å². The summed E-state index contributed by atoms with van der Waals surface area (Å²) in [7, 11) is 1.58. The number of ketones is 1. The minimum atomic E-state index is -0.675. The van der Waals surface area contributed by atoms with Crippen LogP contribution in [0.2, 0.25) is 0 Å². The molecule has 170 valence electrons. The first-order valence-electron chi connectivity index (χ1n) is 11.0.